The van der Waals surface area contributed by atoms with Gasteiger partial charge in [0.2, 0.25) is 0 Å². The first-order valence-electron chi connectivity index (χ1n) is 8.87. The van der Waals surface area contributed by atoms with Gasteiger partial charge in [-0.15, -0.1) is 11.8 Å². The number of hydrogen-bond acceptors (Lipinski definition) is 4. The summed E-state index contributed by atoms with van der Waals surface area (Å²) in [6.45, 7) is 2.33. The Morgan fingerprint density at radius 1 is 1.44 bits per heavy atom. The Bertz CT molecular complexity index is 858. The standard InChI is InChI=1S/C19H23N3O2S/c1-11-4-2-6-14(11)15-7-3-5-12-8-16(22(20)18(12)15)19-21-13(10-25-19)9-17(23)24/h3,5,7-8,11,13-14H,2,4,6,9-10,20H2,1H3,(H,23,24). The molecule has 25 heavy (non-hydrogen) atoms. The quantitative estimate of drug-likeness (QED) is 0.819. The fourth-order valence-electron chi connectivity index (χ4n) is 4.25. The topological polar surface area (TPSA) is 80.6 Å². The van der Waals surface area contributed by atoms with E-state index in [1.807, 2.05) is 0 Å². The first-order valence-corrected chi connectivity index (χ1v) is 9.85. The Labute approximate surface area is 151 Å². The molecule has 2 aliphatic rings. The van der Waals surface area contributed by atoms with Crippen LogP contribution in [0.4, 0.5) is 0 Å². The van der Waals surface area contributed by atoms with Gasteiger partial charge in [-0.05, 0) is 29.9 Å². The van der Waals surface area contributed by atoms with Crippen molar-refractivity contribution in [1.29, 1.82) is 0 Å². The fourth-order valence-corrected chi connectivity index (χ4v) is 5.32. The smallest absolute Gasteiger partial charge is 0.305 e. The zero-order valence-electron chi connectivity index (χ0n) is 14.3. The van der Waals surface area contributed by atoms with E-state index in [-0.39, 0.29) is 12.5 Å². The number of hydrogen-bond donors (Lipinski definition) is 2. The number of nitrogens with zero attached hydrogens (tertiary/aromatic N) is 2. The van der Waals surface area contributed by atoms with E-state index < -0.39 is 5.97 Å². The van der Waals surface area contributed by atoms with Crippen molar-refractivity contribution < 1.29 is 9.90 Å². The number of thioether (sulfide) groups is 1. The van der Waals surface area contributed by atoms with Crippen LogP contribution in [0.3, 0.4) is 0 Å². The Kier molecular flexibility index (Phi) is 4.23. The van der Waals surface area contributed by atoms with E-state index in [1.54, 1.807) is 16.4 Å². The minimum atomic E-state index is -0.804. The Morgan fingerprint density at radius 2 is 2.28 bits per heavy atom. The average molecular weight is 357 g/mol. The SMILES string of the molecule is CC1CCCC1c1cccc2cc(C3=NC(CC(=O)O)CS3)n(N)c12. The lowest BCUT2D eigenvalue weighted by Gasteiger charge is -2.18. The van der Waals surface area contributed by atoms with Gasteiger partial charge in [-0.2, -0.15) is 0 Å². The van der Waals surface area contributed by atoms with Crippen molar-refractivity contribution in [2.24, 2.45) is 10.9 Å². The van der Waals surface area contributed by atoms with Crippen LogP contribution in [-0.2, 0) is 4.79 Å². The van der Waals surface area contributed by atoms with Gasteiger partial charge in [-0.1, -0.05) is 38.0 Å². The monoisotopic (exact) mass is 357 g/mol. The van der Waals surface area contributed by atoms with Crippen LogP contribution >= 0.6 is 11.8 Å². The highest BCUT2D eigenvalue weighted by Gasteiger charge is 2.29. The zero-order valence-corrected chi connectivity index (χ0v) is 15.1. The molecule has 1 aliphatic heterocycles. The molecule has 2 aromatic rings. The predicted molar refractivity (Wildman–Crippen MR) is 103 cm³/mol. The molecule has 5 nitrogen and oxygen atoms in total. The van der Waals surface area contributed by atoms with Gasteiger partial charge in [-0.25, -0.2) is 0 Å². The lowest BCUT2D eigenvalue weighted by molar-refractivity contribution is -0.137. The normalized spacial score (nSPS) is 26.3. The molecular weight excluding hydrogens is 334 g/mol. The van der Waals surface area contributed by atoms with Gasteiger partial charge in [0.1, 0.15) is 5.04 Å². The van der Waals surface area contributed by atoms with Gasteiger partial charge in [0, 0.05) is 11.1 Å². The number of fused-ring (bicyclic) bond motifs is 1. The van der Waals surface area contributed by atoms with Crippen LogP contribution in [0, 0.1) is 5.92 Å². The summed E-state index contributed by atoms with van der Waals surface area (Å²) in [6.07, 6.45) is 3.85. The van der Waals surface area contributed by atoms with Crippen molar-refractivity contribution in [3.05, 3.63) is 35.5 Å². The molecule has 3 unspecified atom stereocenters. The van der Waals surface area contributed by atoms with Crippen LogP contribution in [0.25, 0.3) is 10.9 Å². The molecule has 3 atom stereocenters. The van der Waals surface area contributed by atoms with Crippen molar-refractivity contribution >= 4 is 33.7 Å². The second kappa shape index (κ2) is 6.41. The molecule has 132 valence electrons. The summed E-state index contributed by atoms with van der Waals surface area (Å²) in [5.41, 5.74) is 3.33. The average Bonchev–Trinajstić information content (AvgIpc) is 3.26. The van der Waals surface area contributed by atoms with Crippen molar-refractivity contribution in [1.82, 2.24) is 4.68 Å². The first kappa shape index (κ1) is 16.5. The third-order valence-electron chi connectivity index (χ3n) is 5.49. The molecule has 2 heterocycles. The maximum absolute atomic E-state index is 10.9. The van der Waals surface area contributed by atoms with Gasteiger partial charge in [-0.3, -0.25) is 14.5 Å². The molecule has 3 N–H and O–H groups in total. The van der Waals surface area contributed by atoms with Gasteiger partial charge < -0.3 is 10.9 Å². The van der Waals surface area contributed by atoms with Gasteiger partial charge in [0.05, 0.1) is 23.7 Å². The summed E-state index contributed by atoms with van der Waals surface area (Å²) in [5, 5.41) is 11.0. The molecule has 0 amide bonds. The number of carboxylic acids is 1. The number of aliphatic carboxylic acids is 1. The summed E-state index contributed by atoms with van der Waals surface area (Å²) in [4.78, 5) is 15.5. The van der Waals surface area contributed by atoms with Gasteiger partial charge in [0.25, 0.3) is 0 Å². The maximum atomic E-state index is 10.9. The van der Waals surface area contributed by atoms with Crippen molar-refractivity contribution in [2.75, 3.05) is 11.6 Å². The summed E-state index contributed by atoms with van der Waals surface area (Å²) in [6, 6.07) is 8.35. The van der Waals surface area contributed by atoms with E-state index in [2.05, 4.69) is 36.2 Å². The molecule has 0 radical (unpaired) electrons. The Hall–Kier alpha value is -1.95. The largest absolute Gasteiger partial charge is 0.481 e. The second-order valence-electron chi connectivity index (χ2n) is 7.20. The number of nitrogens with two attached hydrogens (primary N) is 1. The molecule has 0 saturated heterocycles. The number of carbonyl (C=O) groups is 1. The van der Waals surface area contributed by atoms with Crippen LogP contribution in [0.5, 0.6) is 0 Å². The number of nitrogen functional groups attached to an aromatic ring is 1. The summed E-state index contributed by atoms with van der Waals surface area (Å²) < 4.78 is 1.77. The highest BCUT2D eigenvalue weighted by atomic mass is 32.2. The highest BCUT2D eigenvalue weighted by Crippen LogP contribution is 2.42. The van der Waals surface area contributed by atoms with E-state index in [0.717, 1.165) is 21.6 Å². The molecule has 1 aromatic heterocycles. The van der Waals surface area contributed by atoms with E-state index >= 15 is 0 Å². The lowest BCUT2D eigenvalue weighted by atomic mass is 9.89. The van der Waals surface area contributed by atoms with Crippen molar-refractivity contribution in [3.63, 3.8) is 0 Å². The maximum Gasteiger partial charge on any atom is 0.305 e. The minimum absolute atomic E-state index is 0.0755. The number of aromatic nitrogens is 1. The lowest BCUT2D eigenvalue weighted by Crippen LogP contribution is -2.16. The van der Waals surface area contributed by atoms with Crippen LogP contribution in [-0.4, -0.2) is 32.6 Å². The Morgan fingerprint density at radius 3 is 3.00 bits per heavy atom. The zero-order chi connectivity index (χ0) is 17.6. The molecular formula is C19H23N3O2S. The molecule has 4 rings (SSSR count). The number of benzene rings is 1. The highest BCUT2D eigenvalue weighted by molar-refractivity contribution is 8.14. The number of rotatable bonds is 4. The summed E-state index contributed by atoms with van der Waals surface area (Å²) >= 11 is 1.60. The van der Waals surface area contributed by atoms with Crippen molar-refractivity contribution in [3.8, 4) is 0 Å². The second-order valence-corrected chi connectivity index (χ2v) is 8.20. The number of para-hydroxylation sites is 1. The van der Waals surface area contributed by atoms with E-state index in [1.165, 1.54) is 24.8 Å². The van der Waals surface area contributed by atoms with Crippen LogP contribution in [0.2, 0.25) is 0 Å². The molecule has 0 spiro atoms. The summed E-state index contributed by atoms with van der Waals surface area (Å²) in [7, 11) is 0. The Balaban J connectivity index is 1.75. The van der Waals surface area contributed by atoms with E-state index in [4.69, 9.17) is 10.9 Å². The van der Waals surface area contributed by atoms with Gasteiger partial charge in [0.15, 0.2) is 0 Å². The van der Waals surface area contributed by atoms with Crippen LogP contribution in [0.15, 0.2) is 29.3 Å². The molecule has 1 aromatic carbocycles. The van der Waals surface area contributed by atoms with Crippen LogP contribution < -0.4 is 5.84 Å². The molecule has 1 aliphatic carbocycles. The predicted octanol–water partition coefficient (Wildman–Crippen LogP) is 3.60. The van der Waals surface area contributed by atoms with E-state index in [9.17, 15) is 4.79 Å². The molecule has 1 saturated carbocycles. The van der Waals surface area contributed by atoms with Crippen molar-refractivity contribution in [2.45, 2.75) is 44.6 Å². The molecule has 0 bridgehead atoms. The molecule has 1 fully saturated rings. The van der Waals surface area contributed by atoms with E-state index in [0.29, 0.717) is 17.6 Å². The number of carboxylic acid groups (broad SMARTS) is 1. The third-order valence-corrected chi connectivity index (χ3v) is 6.63. The van der Waals surface area contributed by atoms with Crippen LogP contribution in [0.1, 0.15) is 49.8 Å². The van der Waals surface area contributed by atoms with Gasteiger partial charge >= 0.3 is 5.97 Å². The third kappa shape index (κ3) is 2.92. The first-order chi connectivity index (χ1) is 12.0. The minimum Gasteiger partial charge on any atom is -0.481 e. The molecule has 6 heteroatoms. The summed E-state index contributed by atoms with van der Waals surface area (Å²) in [5.74, 6) is 7.63. The number of aliphatic imine (C=N–C) groups is 1. The fraction of sp³-hybridized carbons (Fsp3) is 0.474.